The first-order valence-corrected chi connectivity index (χ1v) is 7.43. The SMILES string of the molecule is CS(=O)(=O)NCC1OCC(NC2COC2)C1O. The average molecular weight is 266 g/mol. The van der Waals surface area contributed by atoms with Crippen LogP contribution in [0.2, 0.25) is 0 Å². The van der Waals surface area contributed by atoms with Gasteiger partial charge in [-0.3, -0.25) is 0 Å². The van der Waals surface area contributed by atoms with Gasteiger partial charge in [-0.2, -0.15) is 0 Å². The Bertz CT molecular complexity index is 356. The van der Waals surface area contributed by atoms with Crippen molar-refractivity contribution in [1.29, 1.82) is 0 Å². The van der Waals surface area contributed by atoms with Crippen LogP contribution in [-0.4, -0.2) is 70.4 Å². The molecule has 2 saturated heterocycles. The van der Waals surface area contributed by atoms with Crippen molar-refractivity contribution in [3.8, 4) is 0 Å². The lowest BCUT2D eigenvalue weighted by Crippen LogP contribution is -2.54. The molecule has 2 heterocycles. The molecule has 0 aliphatic carbocycles. The van der Waals surface area contributed by atoms with Crippen LogP contribution in [0.3, 0.4) is 0 Å². The lowest BCUT2D eigenvalue weighted by Gasteiger charge is -2.30. The Kier molecular flexibility index (Phi) is 4.01. The predicted octanol–water partition coefficient (Wildman–Crippen LogP) is -2.35. The predicted molar refractivity (Wildman–Crippen MR) is 60.1 cm³/mol. The molecular formula is C9H18N2O5S. The third kappa shape index (κ3) is 3.60. The fourth-order valence-electron chi connectivity index (χ4n) is 1.88. The van der Waals surface area contributed by atoms with Gasteiger partial charge in [0.1, 0.15) is 0 Å². The number of ether oxygens (including phenoxy) is 2. The minimum absolute atomic E-state index is 0.0966. The Morgan fingerprint density at radius 2 is 2.06 bits per heavy atom. The first-order valence-electron chi connectivity index (χ1n) is 5.54. The van der Waals surface area contributed by atoms with Crippen molar-refractivity contribution < 1.29 is 23.0 Å². The molecule has 0 amide bonds. The van der Waals surface area contributed by atoms with E-state index < -0.39 is 22.2 Å². The summed E-state index contributed by atoms with van der Waals surface area (Å²) in [6.07, 6.45) is -0.122. The van der Waals surface area contributed by atoms with E-state index in [0.29, 0.717) is 19.8 Å². The Morgan fingerprint density at radius 1 is 1.35 bits per heavy atom. The van der Waals surface area contributed by atoms with Crippen molar-refractivity contribution >= 4 is 10.0 Å². The summed E-state index contributed by atoms with van der Waals surface area (Å²) in [4.78, 5) is 0. The number of sulfonamides is 1. The maximum Gasteiger partial charge on any atom is 0.208 e. The van der Waals surface area contributed by atoms with Gasteiger partial charge in [-0.1, -0.05) is 0 Å². The summed E-state index contributed by atoms with van der Waals surface area (Å²) in [6, 6.07) is 0.107. The van der Waals surface area contributed by atoms with E-state index >= 15 is 0 Å². The number of aliphatic hydroxyl groups excluding tert-OH is 1. The van der Waals surface area contributed by atoms with E-state index in [2.05, 4.69) is 10.0 Å². The van der Waals surface area contributed by atoms with Crippen molar-refractivity contribution in [2.45, 2.75) is 24.3 Å². The smallest absolute Gasteiger partial charge is 0.208 e. The van der Waals surface area contributed by atoms with Gasteiger partial charge in [-0.25, -0.2) is 13.1 Å². The van der Waals surface area contributed by atoms with E-state index in [1.807, 2.05) is 0 Å². The van der Waals surface area contributed by atoms with Crippen molar-refractivity contribution in [3.63, 3.8) is 0 Å². The van der Waals surface area contributed by atoms with Crippen LogP contribution in [0.25, 0.3) is 0 Å². The molecule has 2 fully saturated rings. The van der Waals surface area contributed by atoms with Gasteiger partial charge < -0.3 is 19.9 Å². The molecule has 3 atom stereocenters. The van der Waals surface area contributed by atoms with Crippen LogP contribution in [0.5, 0.6) is 0 Å². The van der Waals surface area contributed by atoms with Crippen molar-refractivity contribution in [3.05, 3.63) is 0 Å². The van der Waals surface area contributed by atoms with E-state index in [0.717, 1.165) is 6.26 Å². The molecule has 2 aliphatic rings. The number of nitrogens with one attached hydrogen (secondary N) is 2. The normalized spacial score (nSPS) is 34.8. The Labute approximate surface area is 101 Å². The Balaban J connectivity index is 1.77. The molecule has 7 nitrogen and oxygen atoms in total. The largest absolute Gasteiger partial charge is 0.389 e. The van der Waals surface area contributed by atoms with Gasteiger partial charge in [0.25, 0.3) is 0 Å². The van der Waals surface area contributed by atoms with Gasteiger partial charge in [0.2, 0.25) is 10.0 Å². The van der Waals surface area contributed by atoms with Gasteiger partial charge in [-0.15, -0.1) is 0 Å². The van der Waals surface area contributed by atoms with E-state index in [1.165, 1.54) is 0 Å². The first kappa shape index (κ1) is 13.2. The molecule has 0 radical (unpaired) electrons. The molecule has 100 valence electrons. The highest BCUT2D eigenvalue weighted by Crippen LogP contribution is 2.16. The summed E-state index contributed by atoms with van der Waals surface area (Å²) in [5.41, 5.74) is 0. The zero-order chi connectivity index (χ0) is 12.5. The second-order valence-electron chi connectivity index (χ2n) is 4.49. The molecule has 2 aliphatic heterocycles. The van der Waals surface area contributed by atoms with Crippen LogP contribution in [0.1, 0.15) is 0 Å². The quantitative estimate of drug-likeness (QED) is 0.516. The molecule has 0 aromatic carbocycles. The molecule has 3 N–H and O–H groups in total. The third-order valence-corrected chi connectivity index (χ3v) is 3.61. The minimum Gasteiger partial charge on any atom is -0.389 e. The molecule has 3 unspecified atom stereocenters. The Hall–Kier alpha value is -0.250. The van der Waals surface area contributed by atoms with Crippen LogP contribution in [0.4, 0.5) is 0 Å². The van der Waals surface area contributed by atoms with Crippen LogP contribution >= 0.6 is 0 Å². The van der Waals surface area contributed by atoms with Crippen molar-refractivity contribution in [1.82, 2.24) is 10.0 Å². The molecule has 17 heavy (non-hydrogen) atoms. The zero-order valence-corrected chi connectivity index (χ0v) is 10.4. The highest BCUT2D eigenvalue weighted by Gasteiger charge is 2.38. The molecule has 2 rings (SSSR count). The summed E-state index contributed by atoms with van der Waals surface area (Å²) in [6.45, 7) is 1.78. The van der Waals surface area contributed by atoms with E-state index in [9.17, 15) is 13.5 Å². The fourth-order valence-corrected chi connectivity index (χ4v) is 2.35. The monoisotopic (exact) mass is 266 g/mol. The summed E-state index contributed by atoms with van der Waals surface area (Å²) < 4.78 is 34.6. The lowest BCUT2D eigenvalue weighted by molar-refractivity contribution is -0.0165. The lowest BCUT2D eigenvalue weighted by atomic mass is 10.1. The summed E-state index contributed by atoms with van der Waals surface area (Å²) in [7, 11) is -3.25. The molecule has 0 bridgehead atoms. The molecule has 0 saturated carbocycles. The molecule has 0 aromatic rings. The van der Waals surface area contributed by atoms with Crippen molar-refractivity contribution in [2.75, 3.05) is 32.6 Å². The fraction of sp³-hybridized carbons (Fsp3) is 1.00. The summed E-state index contributed by atoms with van der Waals surface area (Å²) >= 11 is 0. The van der Waals surface area contributed by atoms with Gasteiger partial charge >= 0.3 is 0 Å². The Morgan fingerprint density at radius 3 is 2.59 bits per heavy atom. The van der Waals surface area contributed by atoms with E-state index in [4.69, 9.17) is 9.47 Å². The van der Waals surface area contributed by atoms with Gasteiger partial charge in [-0.05, 0) is 0 Å². The third-order valence-electron chi connectivity index (χ3n) is 2.92. The highest BCUT2D eigenvalue weighted by atomic mass is 32.2. The number of rotatable bonds is 5. The topological polar surface area (TPSA) is 96.9 Å². The second-order valence-corrected chi connectivity index (χ2v) is 6.32. The molecule has 0 spiro atoms. The maximum atomic E-state index is 10.9. The first-order chi connectivity index (χ1) is 7.96. The van der Waals surface area contributed by atoms with Crippen LogP contribution < -0.4 is 10.0 Å². The number of hydrogen-bond acceptors (Lipinski definition) is 6. The zero-order valence-electron chi connectivity index (χ0n) is 9.63. The average Bonchev–Trinajstić information content (AvgIpc) is 2.50. The molecule has 8 heteroatoms. The van der Waals surface area contributed by atoms with E-state index in [1.54, 1.807) is 0 Å². The second kappa shape index (κ2) is 5.17. The van der Waals surface area contributed by atoms with E-state index in [-0.39, 0.29) is 18.6 Å². The summed E-state index contributed by atoms with van der Waals surface area (Å²) in [5, 5.41) is 13.2. The van der Waals surface area contributed by atoms with Crippen LogP contribution in [-0.2, 0) is 19.5 Å². The minimum atomic E-state index is -3.25. The number of hydrogen-bond donors (Lipinski definition) is 3. The van der Waals surface area contributed by atoms with Crippen LogP contribution in [0.15, 0.2) is 0 Å². The van der Waals surface area contributed by atoms with Gasteiger partial charge in [0.15, 0.2) is 0 Å². The maximum absolute atomic E-state index is 10.9. The van der Waals surface area contributed by atoms with Gasteiger partial charge in [0, 0.05) is 6.54 Å². The molecular weight excluding hydrogens is 248 g/mol. The standard InChI is InChI=1S/C9H18N2O5S/c1-17(13,14)10-2-8-9(12)7(5-16-8)11-6-3-15-4-6/h6-12H,2-5H2,1H3. The number of aliphatic hydroxyl groups is 1. The molecule has 0 aromatic heterocycles. The van der Waals surface area contributed by atoms with Crippen molar-refractivity contribution in [2.24, 2.45) is 0 Å². The van der Waals surface area contributed by atoms with Crippen LogP contribution in [0, 0.1) is 0 Å². The summed E-state index contributed by atoms with van der Waals surface area (Å²) in [5.74, 6) is 0. The highest BCUT2D eigenvalue weighted by molar-refractivity contribution is 7.88. The van der Waals surface area contributed by atoms with Gasteiger partial charge in [0.05, 0.1) is 50.4 Å².